The van der Waals surface area contributed by atoms with Crippen molar-refractivity contribution in [2.45, 2.75) is 10.9 Å². The van der Waals surface area contributed by atoms with E-state index in [1.807, 2.05) is 0 Å². The van der Waals surface area contributed by atoms with Crippen molar-refractivity contribution in [1.82, 2.24) is 14.1 Å². The minimum absolute atomic E-state index is 0.00197. The second-order valence-corrected chi connectivity index (χ2v) is 9.94. The molecule has 0 aliphatic carbocycles. The maximum Gasteiger partial charge on any atom is 0.344 e. The van der Waals surface area contributed by atoms with E-state index in [1.54, 1.807) is 4.90 Å². The molecule has 0 unspecified atom stereocenters. The van der Waals surface area contributed by atoms with Crippen molar-refractivity contribution in [3.63, 3.8) is 0 Å². The third kappa shape index (κ3) is 5.41. The summed E-state index contributed by atoms with van der Waals surface area (Å²) in [6, 6.07) is 6.03. The van der Waals surface area contributed by atoms with Crippen LogP contribution in [0.1, 0.15) is 0 Å². The number of nitrogens with zero attached hydrogens (tertiary/aromatic N) is 3. The Balaban J connectivity index is 1.54. The number of nitrogens with two attached hydrogens (primary N) is 1. The van der Waals surface area contributed by atoms with Crippen molar-refractivity contribution in [2.24, 2.45) is 5.90 Å². The lowest BCUT2D eigenvalue weighted by Crippen LogP contribution is -2.62. The Morgan fingerprint density at radius 1 is 0.972 bits per heavy atom. The molecule has 2 N–H and O–H groups in total. The first-order valence-electron chi connectivity index (χ1n) is 11.0. The zero-order valence-corrected chi connectivity index (χ0v) is 19.8. The molecule has 0 bridgehead atoms. The molecular weight excluding hydrogens is 502 g/mol. The Morgan fingerprint density at radius 2 is 1.67 bits per heavy atom. The van der Waals surface area contributed by atoms with Crippen LogP contribution in [0.25, 0.3) is 0 Å². The number of carbonyl (C=O) groups excluding carboxylic acids is 2. The maximum atomic E-state index is 14.7. The Bertz CT molecular complexity index is 1220. The van der Waals surface area contributed by atoms with Crippen LogP contribution in [0, 0.1) is 11.6 Å². The van der Waals surface area contributed by atoms with Crippen molar-refractivity contribution >= 4 is 22.0 Å². The summed E-state index contributed by atoms with van der Waals surface area (Å²) in [4.78, 5) is 32.0. The number of amides is 2. The summed E-state index contributed by atoms with van der Waals surface area (Å²) in [5.74, 6) is 2.36. The van der Waals surface area contributed by atoms with Gasteiger partial charge in [-0.25, -0.2) is 26.8 Å². The summed E-state index contributed by atoms with van der Waals surface area (Å²) >= 11 is 0. The minimum Gasteiger partial charge on any atom is -0.454 e. The molecule has 2 aromatic carbocycles. The molecular formula is C22H24F2N4O7S. The maximum absolute atomic E-state index is 14.7. The van der Waals surface area contributed by atoms with Gasteiger partial charge in [0.25, 0.3) is 0 Å². The smallest absolute Gasteiger partial charge is 0.344 e. The van der Waals surface area contributed by atoms with Crippen LogP contribution in [0.4, 0.5) is 13.6 Å². The number of hydrogen-bond donors (Lipinski definition) is 1. The second kappa shape index (κ2) is 10.7. The number of urea groups is 1. The molecule has 0 spiro atoms. The van der Waals surface area contributed by atoms with Gasteiger partial charge in [0.05, 0.1) is 18.1 Å². The number of hydrogen-bond acceptors (Lipinski definition) is 8. The molecule has 2 aromatic rings. The predicted octanol–water partition coefficient (Wildman–Crippen LogP) is 1.30. The molecule has 2 aliphatic rings. The first-order chi connectivity index (χ1) is 17.2. The minimum atomic E-state index is -4.40. The average molecular weight is 527 g/mol. The van der Waals surface area contributed by atoms with E-state index >= 15 is 0 Å². The quantitative estimate of drug-likeness (QED) is 0.577. The van der Waals surface area contributed by atoms with Gasteiger partial charge in [0.1, 0.15) is 17.6 Å². The fraction of sp³-hybridized carbons (Fsp3) is 0.364. The number of halogens is 2. The fourth-order valence-electron chi connectivity index (χ4n) is 3.94. The van der Waals surface area contributed by atoms with E-state index in [2.05, 4.69) is 4.84 Å². The molecule has 194 valence electrons. The molecule has 0 aromatic heterocycles. The summed E-state index contributed by atoms with van der Waals surface area (Å²) < 4.78 is 65.9. The monoisotopic (exact) mass is 526 g/mol. The SMILES string of the molecule is NOC(=O)[C@H]1CN(C(=O)N2CCOCC2)CCN1S(=O)(=O)c1ccc(Oc2ccc(F)cc2)c(F)c1. The van der Waals surface area contributed by atoms with Crippen LogP contribution < -0.4 is 10.6 Å². The standard InChI is InChI=1S/C22H24F2N4O7S/c23-15-1-3-16(4-2-15)34-20-6-5-17(13-18(20)24)36(31,32)28-8-7-27(14-19(28)21(29)35-25)22(30)26-9-11-33-12-10-26/h1-6,13,19H,7-12,14,25H2/t19-/m1/s1. The molecule has 2 aliphatic heterocycles. The predicted molar refractivity (Wildman–Crippen MR) is 120 cm³/mol. The molecule has 11 nitrogen and oxygen atoms in total. The van der Waals surface area contributed by atoms with Gasteiger partial charge in [-0.15, -0.1) is 0 Å². The third-order valence-electron chi connectivity index (χ3n) is 5.82. The highest BCUT2D eigenvalue weighted by molar-refractivity contribution is 7.89. The van der Waals surface area contributed by atoms with Gasteiger partial charge in [-0.2, -0.15) is 10.2 Å². The molecule has 2 saturated heterocycles. The van der Waals surface area contributed by atoms with Crippen LogP contribution in [0.3, 0.4) is 0 Å². The number of morpholine rings is 1. The van der Waals surface area contributed by atoms with E-state index in [4.69, 9.17) is 15.4 Å². The molecule has 0 radical (unpaired) electrons. The van der Waals surface area contributed by atoms with Gasteiger partial charge in [-0.1, -0.05) is 0 Å². The average Bonchev–Trinajstić information content (AvgIpc) is 2.90. The van der Waals surface area contributed by atoms with Crippen LogP contribution in [0.15, 0.2) is 47.4 Å². The normalized spacial score (nSPS) is 19.1. The topological polar surface area (TPSA) is 132 Å². The number of carbonyl (C=O) groups is 2. The highest BCUT2D eigenvalue weighted by atomic mass is 32.2. The molecule has 2 amide bonds. The fourth-order valence-corrected chi connectivity index (χ4v) is 5.52. The van der Waals surface area contributed by atoms with Gasteiger partial charge in [0.2, 0.25) is 10.0 Å². The van der Waals surface area contributed by atoms with Gasteiger partial charge in [-0.3, -0.25) is 0 Å². The van der Waals surface area contributed by atoms with E-state index in [0.717, 1.165) is 34.6 Å². The lowest BCUT2D eigenvalue weighted by Gasteiger charge is -2.41. The van der Waals surface area contributed by atoms with E-state index in [1.165, 1.54) is 17.0 Å². The highest BCUT2D eigenvalue weighted by Crippen LogP contribution is 2.29. The number of piperazine rings is 1. The summed E-state index contributed by atoms with van der Waals surface area (Å²) in [5, 5.41) is 0. The van der Waals surface area contributed by atoms with E-state index in [0.29, 0.717) is 26.3 Å². The summed E-state index contributed by atoms with van der Waals surface area (Å²) in [6.45, 7) is 0.955. The van der Waals surface area contributed by atoms with Crippen LogP contribution in [-0.4, -0.2) is 86.5 Å². The molecule has 2 fully saturated rings. The molecule has 14 heteroatoms. The Morgan fingerprint density at radius 3 is 2.31 bits per heavy atom. The van der Waals surface area contributed by atoms with Gasteiger partial charge in [0.15, 0.2) is 11.6 Å². The summed E-state index contributed by atoms with van der Waals surface area (Å²) in [6.07, 6.45) is 0. The Labute approximate surface area is 205 Å². The zero-order valence-electron chi connectivity index (χ0n) is 19.0. The molecule has 4 rings (SSSR count). The second-order valence-electron chi connectivity index (χ2n) is 8.04. The van der Waals surface area contributed by atoms with Crippen molar-refractivity contribution < 1.29 is 41.1 Å². The van der Waals surface area contributed by atoms with Crippen LogP contribution >= 0.6 is 0 Å². The Hall–Kier alpha value is -3.33. The molecule has 36 heavy (non-hydrogen) atoms. The van der Waals surface area contributed by atoms with Gasteiger partial charge < -0.3 is 24.1 Å². The zero-order chi connectivity index (χ0) is 25.9. The Kier molecular flexibility index (Phi) is 7.68. The third-order valence-corrected chi connectivity index (χ3v) is 7.73. The van der Waals surface area contributed by atoms with Gasteiger partial charge >= 0.3 is 12.0 Å². The number of rotatable bonds is 5. The summed E-state index contributed by atoms with van der Waals surface area (Å²) in [7, 11) is -4.40. The molecule has 0 saturated carbocycles. The van der Waals surface area contributed by atoms with E-state index in [-0.39, 0.29) is 37.2 Å². The van der Waals surface area contributed by atoms with Crippen molar-refractivity contribution in [2.75, 3.05) is 45.9 Å². The lowest BCUT2D eigenvalue weighted by molar-refractivity contribution is -0.150. The molecule has 1 atom stereocenters. The number of ether oxygens (including phenoxy) is 2. The van der Waals surface area contributed by atoms with E-state index in [9.17, 15) is 26.8 Å². The largest absolute Gasteiger partial charge is 0.454 e. The highest BCUT2D eigenvalue weighted by Gasteiger charge is 2.43. The van der Waals surface area contributed by atoms with Crippen molar-refractivity contribution in [1.29, 1.82) is 0 Å². The summed E-state index contributed by atoms with van der Waals surface area (Å²) in [5.41, 5.74) is 0. The van der Waals surface area contributed by atoms with Crippen LogP contribution in [0.5, 0.6) is 11.5 Å². The van der Waals surface area contributed by atoms with Crippen LogP contribution in [0.2, 0.25) is 0 Å². The molecule has 2 heterocycles. The van der Waals surface area contributed by atoms with Crippen molar-refractivity contribution in [3.05, 3.63) is 54.1 Å². The lowest BCUT2D eigenvalue weighted by atomic mass is 10.2. The van der Waals surface area contributed by atoms with Crippen molar-refractivity contribution in [3.8, 4) is 11.5 Å². The van der Waals surface area contributed by atoms with E-state index < -0.39 is 38.6 Å². The number of sulfonamides is 1. The first kappa shape index (κ1) is 25.8. The number of benzene rings is 2. The van der Waals surface area contributed by atoms with Gasteiger partial charge in [-0.05, 0) is 42.5 Å². The van der Waals surface area contributed by atoms with Gasteiger partial charge in [0, 0.05) is 32.7 Å². The van der Waals surface area contributed by atoms with Crippen LogP contribution in [-0.2, 0) is 24.4 Å². The first-order valence-corrected chi connectivity index (χ1v) is 12.4.